The number of likely N-dealkylation sites (tertiary alicyclic amines) is 1. The van der Waals surface area contributed by atoms with Gasteiger partial charge in [-0.2, -0.15) is 0 Å². The van der Waals surface area contributed by atoms with Gasteiger partial charge in [0, 0.05) is 19.6 Å². The lowest BCUT2D eigenvalue weighted by Crippen LogP contribution is -2.53. The first-order valence-corrected chi connectivity index (χ1v) is 9.66. The molecular weight excluding hydrogens is 334 g/mol. The average molecular weight is 363 g/mol. The molecule has 26 heavy (non-hydrogen) atoms. The van der Waals surface area contributed by atoms with Gasteiger partial charge in [-0.25, -0.2) is 9.48 Å². The van der Waals surface area contributed by atoms with Gasteiger partial charge in [0.05, 0.1) is 6.54 Å². The fraction of sp³-hybridized carbons (Fsp3) is 0.824. The topological polar surface area (TPSA) is 105 Å². The normalized spacial score (nSPS) is 19.2. The first-order chi connectivity index (χ1) is 12.6. The summed E-state index contributed by atoms with van der Waals surface area (Å²) in [4.78, 5) is 26.9. The fourth-order valence-corrected chi connectivity index (χ4v) is 3.16. The van der Waals surface area contributed by atoms with Crippen molar-refractivity contribution in [2.75, 3.05) is 13.1 Å². The van der Waals surface area contributed by atoms with Crippen molar-refractivity contribution < 1.29 is 9.59 Å². The predicted molar refractivity (Wildman–Crippen MR) is 95.0 cm³/mol. The molecule has 0 bridgehead atoms. The van der Waals surface area contributed by atoms with E-state index in [0.717, 1.165) is 38.9 Å². The second-order valence-corrected chi connectivity index (χ2v) is 7.45. The monoisotopic (exact) mass is 363 g/mol. The van der Waals surface area contributed by atoms with Crippen molar-refractivity contribution >= 4 is 11.9 Å². The van der Waals surface area contributed by atoms with Crippen molar-refractivity contribution in [2.45, 2.75) is 65.1 Å². The lowest BCUT2D eigenvalue weighted by Gasteiger charge is -2.26. The number of aromatic nitrogens is 4. The highest BCUT2D eigenvalue weighted by Crippen LogP contribution is 2.30. The molecule has 1 saturated carbocycles. The van der Waals surface area contributed by atoms with Crippen molar-refractivity contribution in [3.05, 3.63) is 5.82 Å². The third kappa shape index (κ3) is 4.70. The molecule has 0 spiro atoms. The maximum absolute atomic E-state index is 12.7. The van der Waals surface area contributed by atoms with Gasteiger partial charge in [0.2, 0.25) is 5.91 Å². The first-order valence-electron chi connectivity index (χ1n) is 9.66. The molecule has 1 saturated heterocycles. The SMILES string of the molecule is CCC(C)[C@H](NC(=O)N1CCCC1)C(=O)NCc1nnnn1CC1CC1. The number of amides is 3. The summed E-state index contributed by atoms with van der Waals surface area (Å²) in [6, 6.07) is -0.706. The number of hydrogen-bond acceptors (Lipinski definition) is 5. The van der Waals surface area contributed by atoms with E-state index in [4.69, 9.17) is 0 Å². The van der Waals surface area contributed by atoms with E-state index in [1.807, 2.05) is 13.8 Å². The van der Waals surface area contributed by atoms with Gasteiger partial charge in [0.1, 0.15) is 6.04 Å². The minimum absolute atomic E-state index is 0.0454. The molecule has 2 atom stereocenters. The van der Waals surface area contributed by atoms with E-state index in [0.29, 0.717) is 11.7 Å². The summed E-state index contributed by atoms with van der Waals surface area (Å²) in [5, 5.41) is 17.5. The van der Waals surface area contributed by atoms with Gasteiger partial charge in [0.25, 0.3) is 0 Å². The van der Waals surface area contributed by atoms with E-state index in [2.05, 4.69) is 26.2 Å². The van der Waals surface area contributed by atoms with Crippen LogP contribution in [-0.4, -0.2) is 56.2 Å². The van der Waals surface area contributed by atoms with Gasteiger partial charge < -0.3 is 15.5 Å². The Balaban J connectivity index is 1.56. The molecule has 3 amide bonds. The number of carbonyl (C=O) groups excluding carboxylic acids is 2. The van der Waals surface area contributed by atoms with Gasteiger partial charge in [0.15, 0.2) is 5.82 Å². The molecule has 9 heteroatoms. The average Bonchev–Trinajstić information content (AvgIpc) is 3.11. The summed E-state index contributed by atoms with van der Waals surface area (Å²) < 4.78 is 1.76. The summed E-state index contributed by atoms with van der Waals surface area (Å²) in [7, 11) is 0. The van der Waals surface area contributed by atoms with Crippen LogP contribution in [0.3, 0.4) is 0 Å². The van der Waals surface area contributed by atoms with Gasteiger partial charge in [-0.15, -0.1) is 5.10 Å². The molecule has 2 fully saturated rings. The van der Waals surface area contributed by atoms with Gasteiger partial charge in [-0.3, -0.25) is 4.79 Å². The fourth-order valence-electron chi connectivity index (χ4n) is 3.16. The van der Waals surface area contributed by atoms with Gasteiger partial charge >= 0.3 is 6.03 Å². The molecule has 1 aromatic heterocycles. The molecule has 9 nitrogen and oxygen atoms in total. The molecule has 2 aliphatic rings. The van der Waals surface area contributed by atoms with Crippen LogP contribution in [0.5, 0.6) is 0 Å². The van der Waals surface area contributed by atoms with Crippen molar-refractivity contribution in [1.29, 1.82) is 0 Å². The Morgan fingerprint density at radius 2 is 2.00 bits per heavy atom. The molecular formula is C17H29N7O2. The quantitative estimate of drug-likeness (QED) is 0.714. The van der Waals surface area contributed by atoms with Crippen LogP contribution in [0.15, 0.2) is 0 Å². The van der Waals surface area contributed by atoms with Crippen molar-refractivity contribution in [3.8, 4) is 0 Å². The van der Waals surface area contributed by atoms with E-state index in [1.165, 1.54) is 12.8 Å². The largest absolute Gasteiger partial charge is 0.347 e. The smallest absolute Gasteiger partial charge is 0.318 e. The van der Waals surface area contributed by atoms with Crippen LogP contribution >= 0.6 is 0 Å². The molecule has 0 radical (unpaired) electrons. The minimum atomic E-state index is -0.555. The van der Waals surface area contributed by atoms with E-state index in [9.17, 15) is 9.59 Å². The van der Waals surface area contributed by atoms with Crippen LogP contribution in [0.2, 0.25) is 0 Å². The van der Waals surface area contributed by atoms with Crippen LogP contribution in [0.1, 0.15) is 51.8 Å². The van der Waals surface area contributed by atoms with E-state index in [-0.39, 0.29) is 24.4 Å². The van der Waals surface area contributed by atoms with Crippen molar-refractivity contribution in [1.82, 2.24) is 35.7 Å². The Morgan fingerprint density at radius 1 is 1.27 bits per heavy atom. The lowest BCUT2D eigenvalue weighted by atomic mass is 9.98. The molecule has 1 unspecified atom stereocenters. The Hall–Kier alpha value is -2.19. The molecule has 1 aliphatic carbocycles. The summed E-state index contributed by atoms with van der Waals surface area (Å²) in [5.74, 6) is 1.16. The summed E-state index contributed by atoms with van der Waals surface area (Å²) in [6.45, 7) is 6.59. The Bertz CT molecular complexity index is 622. The number of nitrogens with one attached hydrogen (secondary N) is 2. The zero-order valence-corrected chi connectivity index (χ0v) is 15.6. The predicted octanol–water partition coefficient (Wildman–Crippen LogP) is 0.919. The number of hydrogen-bond donors (Lipinski definition) is 2. The van der Waals surface area contributed by atoms with E-state index < -0.39 is 6.04 Å². The van der Waals surface area contributed by atoms with Crippen molar-refractivity contribution in [3.63, 3.8) is 0 Å². The van der Waals surface area contributed by atoms with Crippen LogP contribution in [0.25, 0.3) is 0 Å². The van der Waals surface area contributed by atoms with Crippen LogP contribution in [-0.2, 0) is 17.9 Å². The maximum Gasteiger partial charge on any atom is 0.318 e. The number of urea groups is 1. The third-order valence-electron chi connectivity index (χ3n) is 5.32. The van der Waals surface area contributed by atoms with Crippen molar-refractivity contribution in [2.24, 2.45) is 11.8 Å². The summed E-state index contributed by atoms with van der Waals surface area (Å²) in [5.41, 5.74) is 0. The summed E-state index contributed by atoms with van der Waals surface area (Å²) >= 11 is 0. The zero-order valence-electron chi connectivity index (χ0n) is 15.6. The molecule has 1 aromatic rings. The number of rotatable bonds is 8. The molecule has 3 rings (SSSR count). The second kappa shape index (κ2) is 8.46. The minimum Gasteiger partial charge on any atom is -0.347 e. The standard InChI is InChI=1S/C17H29N7O2/c1-3-12(2)15(19-17(26)23-8-4-5-9-23)16(25)18-10-14-20-21-22-24(14)11-13-6-7-13/h12-13,15H,3-11H2,1-2H3,(H,18,25)(H,19,26)/t12?,15-/m0/s1. The number of nitrogens with zero attached hydrogens (tertiary/aromatic N) is 5. The van der Waals surface area contributed by atoms with Gasteiger partial charge in [-0.1, -0.05) is 20.3 Å². The maximum atomic E-state index is 12.7. The zero-order chi connectivity index (χ0) is 18.5. The second-order valence-electron chi connectivity index (χ2n) is 7.45. The molecule has 144 valence electrons. The molecule has 1 aliphatic heterocycles. The summed E-state index contributed by atoms with van der Waals surface area (Å²) in [6.07, 6.45) is 5.28. The molecule has 0 aromatic carbocycles. The molecule has 2 N–H and O–H groups in total. The first kappa shape index (κ1) is 18.6. The third-order valence-corrected chi connectivity index (χ3v) is 5.32. The van der Waals surface area contributed by atoms with E-state index in [1.54, 1.807) is 9.58 Å². The number of carbonyl (C=O) groups is 2. The lowest BCUT2D eigenvalue weighted by molar-refractivity contribution is -0.124. The van der Waals surface area contributed by atoms with E-state index >= 15 is 0 Å². The Labute approximate surface area is 153 Å². The van der Waals surface area contributed by atoms with Crippen LogP contribution < -0.4 is 10.6 Å². The van der Waals surface area contributed by atoms with Crippen LogP contribution in [0, 0.1) is 11.8 Å². The highest BCUT2D eigenvalue weighted by atomic mass is 16.2. The van der Waals surface area contributed by atoms with Gasteiger partial charge in [-0.05, 0) is 47.9 Å². The molecule has 2 heterocycles. The van der Waals surface area contributed by atoms with Crippen LogP contribution in [0.4, 0.5) is 4.79 Å². The Kier molecular flexibility index (Phi) is 6.05. The highest BCUT2D eigenvalue weighted by Gasteiger charge is 2.29. The highest BCUT2D eigenvalue weighted by molar-refractivity contribution is 5.87. The number of tetrazole rings is 1. The Morgan fingerprint density at radius 3 is 2.65 bits per heavy atom.